The van der Waals surface area contributed by atoms with Crippen molar-refractivity contribution in [3.63, 3.8) is 0 Å². The van der Waals surface area contributed by atoms with E-state index in [9.17, 15) is 8.42 Å². The average Bonchev–Trinajstić information content (AvgIpc) is 3.18. The van der Waals surface area contributed by atoms with Crippen molar-refractivity contribution in [2.24, 2.45) is 0 Å². The molecule has 1 aromatic carbocycles. The number of aromatic nitrogens is 1. The Hall–Kier alpha value is -1.67. The zero-order valence-electron chi connectivity index (χ0n) is 12.8. The number of nitrogens with zero attached hydrogens (tertiary/aromatic N) is 1. The molecular weight excluding hydrogens is 368 g/mol. The molecule has 0 aliphatic heterocycles. The summed E-state index contributed by atoms with van der Waals surface area (Å²) < 4.78 is 32.7. The lowest BCUT2D eigenvalue weighted by atomic mass is 10.2. The van der Waals surface area contributed by atoms with Crippen molar-refractivity contribution >= 4 is 33.0 Å². The summed E-state index contributed by atoms with van der Waals surface area (Å²) in [4.78, 5) is 0.730. The molecule has 0 amide bonds. The van der Waals surface area contributed by atoms with E-state index < -0.39 is 10.0 Å². The van der Waals surface area contributed by atoms with Gasteiger partial charge < -0.3 is 4.52 Å². The molecule has 126 valence electrons. The molecule has 0 radical (unpaired) electrons. The summed E-state index contributed by atoms with van der Waals surface area (Å²) in [5.74, 6) is 0.570. The normalized spacial score (nSPS) is 11.8. The van der Waals surface area contributed by atoms with Crippen molar-refractivity contribution in [2.75, 3.05) is 6.54 Å². The van der Waals surface area contributed by atoms with E-state index in [1.54, 1.807) is 30.3 Å². The monoisotopic (exact) mass is 382 g/mol. The van der Waals surface area contributed by atoms with Crippen molar-refractivity contribution in [3.8, 4) is 10.6 Å². The molecule has 0 atom stereocenters. The van der Waals surface area contributed by atoms with Crippen molar-refractivity contribution in [3.05, 3.63) is 58.7 Å². The molecule has 0 aliphatic rings. The highest BCUT2D eigenvalue weighted by atomic mass is 35.5. The Morgan fingerprint density at radius 2 is 1.96 bits per heavy atom. The molecule has 3 rings (SSSR count). The number of thiophene rings is 1. The second-order valence-electron chi connectivity index (χ2n) is 5.23. The third-order valence-corrected chi connectivity index (χ3v) is 6.64. The van der Waals surface area contributed by atoms with E-state index in [4.69, 9.17) is 16.1 Å². The van der Waals surface area contributed by atoms with Crippen molar-refractivity contribution in [1.29, 1.82) is 0 Å². The van der Waals surface area contributed by atoms with E-state index in [0.29, 0.717) is 23.7 Å². The summed E-state index contributed by atoms with van der Waals surface area (Å²) in [6.07, 6.45) is 0.593. The maximum atomic E-state index is 12.4. The van der Waals surface area contributed by atoms with Crippen LogP contribution < -0.4 is 4.72 Å². The fraction of sp³-hybridized carbons (Fsp3) is 0.188. The molecule has 0 saturated heterocycles. The SMILES string of the molecule is Cc1cc(-c2ccc(S(=O)(=O)NCCc3ccc(Cl)cc3)s2)on1. The molecule has 0 unspecified atom stereocenters. The van der Waals surface area contributed by atoms with Gasteiger partial charge in [0.05, 0.1) is 10.6 Å². The van der Waals surface area contributed by atoms with Crippen molar-refractivity contribution < 1.29 is 12.9 Å². The summed E-state index contributed by atoms with van der Waals surface area (Å²) in [7, 11) is -3.54. The van der Waals surface area contributed by atoms with E-state index in [-0.39, 0.29) is 4.21 Å². The molecule has 8 heteroatoms. The molecule has 0 saturated carbocycles. The fourth-order valence-electron chi connectivity index (χ4n) is 2.13. The maximum absolute atomic E-state index is 12.4. The minimum absolute atomic E-state index is 0.252. The highest BCUT2D eigenvalue weighted by Gasteiger charge is 2.18. The Morgan fingerprint density at radius 1 is 1.21 bits per heavy atom. The summed E-state index contributed by atoms with van der Waals surface area (Å²) in [5.41, 5.74) is 1.77. The molecule has 0 bridgehead atoms. The largest absolute Gasteiger partial charge is 0.355 e. The van der Waals surface area contributed by atoms with Gasteiger partial charge in [-0.15, -0.1) is 11.3 Å². The number of benzene rings is 1. The van der Waals surface area contributed by atoms with Gasteiger partial charge in [-0.1, -0.05) is 28.9 Å². The summed E-state index contributed by atoms with van der Waals surface area (Å²) in [6, 6.07) is 12.4. The molecule has 0 fully saturated rings. The van der Waals surface area contributed by atoms with E-state index in [2.05, 4.69) is 9.88 Å². The third-order valence-electron chi connectivity index (χ3n) is 3.34. The predicted molar refractivity (Wildman–Crippen MR) is 94.9 cm³/mol. The molecule has 2 aromatic heterocycles. The van der Waals surface area contributed by atoms with Gasteiger partial charge in [-0.25, -0.2) is 13.1 Å². The van der Waals surface area contributed by atoms with Crippen LogP contribution in [0.1, 0.15) is 11.3 Å². The Kier molecular flexibility index (Phi) is 5.05. The molecule has 0 aliphatic carbocycles. The number of hydrogen-bond acceptors (Lipinski definition) is 5. The van der Waals surface area contributed by atoms with Crippen LogP contribution in [0.25, 0.3) is 10.6 Å². The lowest BCUT2D eigenvalue weighted by Crippen LogP contribution is -2.25. The summed E-state index contributed by atoms with van der Waals surface area (Å²) in [5, 5.41) is 4.47. The fourth-order valence-corrected chi connectivity index (χ4v) is 4.59. The number of nitrogens with one attached hydrogen (secondary N) is 1. The van der Waals surface area contributed by atoms with Gasteiger partial charge in [-0.05, 0) is 43.2 Å². The van der Waals surface area contributed by atoms with Crippen molar-refractivity contribution in [1.82, 2.24) is 9.88 Å². The van der Waals surface area contributed by atoms with Crippen LogP contribution in [0.15, 0.2) is 51.2 Å². The maximum Gasteiger partial charge on any atom is 0.250 e. The van der Waals surface area contributed by atoms with Gasteiger partial charge in [0, 0.05) is 17.6 Å². The van der Waals surface area contributed by atoms with Crippen LogP contribution in [0.4, 0.5) is 0 Å². The molecule has 5 nitrogen and oxygen atoms in total. The minimum Gasteiger partial charge on any atom is -0.355 e. The Bertz CT molecular complexity index is 930. The number of halogens is 1. The van der Waals surface area contributed by atoms with Crippen LogP contribution in [0.2, 0.25) is 5.02 Å². The smallest absolute Gasteiger partial charge is 0.250 e. The molecule has 3 aromatic rings. The molecule has 24 heavy (non-hydrogen) atoms. The van der Waals surface area contributed by atoms with Crippen LogP contribution in [0, 0.1) is 6.92 Å². The van der Waals surface area contributed by atoms with Crippen LogP contribution >= 0.6 is 22.9 Å². The first-order chi connectivity index (χ1) is 11.4. The first kappa shape index (κ1) is 17.2. The highest BCUT2D eigenvalue weighted by Crippen LogP contribution is 2.30. The van der Waals surface area contributed by atoms with Crippen molar-refractivity contribution in [2.45, 2.75) is 17.6 Å². The molecule has 0 spiro atoms. The minimum atomic E-state index is -3.54. The van der Waals surface area contributed by atoms with Crippen LogP contribution in [-0.4, -0.2) is 20.1 Å². The number of sulfonamides is 1. The molecular formula is C16H15ClN2O3S2. The van der Waals surface area contributed by atoms with Gasteiger partial charge in [0.25, 0.3) is 0 Å². The van der Waals surface area contributed by atoms with Gasteiger partial charge in [-0.2, -0.15) is 0 Å². The van der Waals surface area contributed by atoms with Crippen LogP contribution in [0.5, 0.6) is 0 Å². The molecule has 2 heterocycles. The van der Waals surface area contributed by atoms with Crippen LogP contribution in [0.3, 0.4) is 0 Å². The topological polar surface area (TPSA) is 72.2 Å². The molecule has 1 N–H and O–H groups in total. The number of aryl methyl sites for hydroxylation is 1. The van der Waals surface area contributed by atoms with Crippen LogP contribution in [-0.2, 0) is 16.4 Å². The lowest BCUT2D eigenvalue weighted by molar-refractivity contribution is 0.428. The number of hydrogen-bond donors (Lipinski definition) is 1. The standard InChI is InChI=1S/C16H15ClN2O3S2/c1-11-10-14(22-19-11)15-6-7-16(23-15)24(20,21)18-9-8-12-2-4-13(17)5-3-12/h2-7,10,18H,8-9H2,1H3. The summed E-state index contributed by atoms with van der Waals surface area (Å²) in [6.45, 7) is 2.13. The lowest BCUT2D eigenvalue weighted by Gasteiger charge is -2.05. The second-order valence-corrected chi connectivity index (χ2v) is 8.74. The Labute approximate surface area is 149 Å². The van der Waals surface area contributed by atoms with E-state index in [0.717, 1.165) is 27.5 Å². The average molecular weight is 383 g/mol. The van der Waals surface area contributed by atoms with E-state index in [1.807, 2.05) is 19.1 Å². The quantitative estimate of drug-likeness (QED) is 0.702. The third kappa shape index (κ3) is 4.05. The second kappa shape index (κ2) is 7.06. The first-order valence-corrected chi connectivity index (χ1v) is 9.89. The predicted octanol–water partition coefficient (Wildman–Crippen LogP) is 3.89. The van der Waals surface area contributed by atoms with Gasteiger partial charge >= 0.3 is 0 Å². The zero-order valence-corrected chi connectivity index (χ0v) is 15.2. The zero-order chi connectivity index (χ0) is 17.2. The Morgan fingerprint density at radius 3 is 2.62 bits per heavy atom. The van der Waals surface area contributed by atoms with Gasteiger partial charge in [0.2, 0.25) is 10.0 Å². The van der Waals surface area contributed by atoms with E-state index in [1.165, 1.54) is 0 Å². The highest BCUT2D eigenvalue weighted by molar-refractivity contribution is 7.91. The van der Waals surface area contributed by atoms with Gasteiger partial charge in [0.1, 0.15) is 4.21 Å². The van der Waals surface area contributed by atoms with E-state index >= 15 is 0 Å². The van der Waals surface area contributed by atoms with Gasteiger partial charge in [-0.3, -0.25) is 0 Å². The van der Waals surface area contributed by atoms with Gasteiger partial charge in [0.15, 0.2) is 5.76 Å². The Balaban J connectivity index is 1.65. The summed E-state index contributed by atoms with van der Waals surface area (Å²) >= 11 is 6.98. The first-order valence-electron chi connectivity index (χ1n) is 7.22. The number of rotatable bonds is 6.